The van der Waals surface area contributed by atoms with Crippen molar-refractivity contribution in [3.05, 3.63) is 60.6 Å². The van der Waals surface area contributed by atoms with Crippen LogP contribution in [0.15, 0.2) is 65.2 Å². The lowest BCUT2D eigenvalue weighted by Crippen LogP contribution is -3.00. The number of nitrogen functional groups attached to an aromatic ring is 1. The molecular formula is C17H19ClN6O. The molecule has 8 heteroatoms. The summed E-state index contributed by atoms with van der Waals surface area (Å²) in [5, 5.41) is 12.7. The summed E-state index contributed by atoms with van der Waals surface area (Å²) in [5.41, 5.74) is 8.46. The van der Waals surface area contributed by atoms with Crippen molar-refractivity contribution in [3.8, 4) is 5.75 Å². The molecule has 0 aliphatic rings. The van der Waals surface area contributed by atoms with Gasteiger partial charge in [0.2, 0.25) is 0 Å². The zero-order valence-corrected chi connectivity index (χ0v) is 14.8. The number of nitrogens with two attached hydrogens (primary N) is 1. The van der Waals surface area contributed by atoms with E-state index in [1.807, 2.05) is 54.3 Å². The van der Waals surface area contributed by atoms with E-state index in [9.17, 15) is 0 Å². The van der Waals surface area contributed by atoms with Gasteiger partial charge in [-0.25, -0.2) is 9.25 Å². The third-order valence-electron chi connectivity index (χ3n) is 3.57. The maximum Gasteiger partial charge on any atom is 0.168 e. The summed E-state index contributed by atoms with van der Waals surface area (Å²) in [6, 6.07) is 11.4. The van der Waals surface area contributed by atoms with Crippen LogP contribution in [0.4, 0.5) is 17.2 Å². The lowest BCUT2D eigenvalue weighted by molar-refractivity contribution is -0.671. The van der Waals surface area contributed by atoms with E-state index in [1.54, 1.807) is 24.1 Å². The maximum absolute atomic E-state index is 6.12. The SMILES string of the molecule is COc1cccc(/N=N/c2cnn(Cc3cc[n+](C)cc3)c2N)c1.[Cl-]. The molecule has 1 aromatic carbocycles. The summed E-state index contributed by atoms with van der Waals surface area (Å²) in [5.74, 6) is 1.21. The summed E-state index contributed by atoms with van der Waals surface area (Å²) >= 11 is 0. The van der Waals surface area contributed by atoms with E-state index >= 15 is 0 Å². The number of rotatable bonds is 5. The molecule has 2 heterocycles. The fourth-order valence-corrected chi connectivity index (χ4v) is 2.18. The molecule has 7 nitrogen and oxygen atoms in total. The summed E-state index contributed by atoms with van der Waals surface area (Å²) in [4.78, 5) is 0. The van der Waals surface area contributed by atoms with Gasteiger partial charge in [0.1, 0.15) is 24.3 Å². The summed E-state index contributed by atoms with van der Waals surface area (Å²) in [6.07, 6.45) is 5.58. The Hall–Kier alpha value is -2.93. The molecule has 0 saturated heterocycles. The number of halogens is 1. The van der Waals surface area contributed by atoms with Crippen LogP contribution < -0.4 is 27.4 Å². The summed E-state index contributed by atoms with van der Waals surface area (Å²) in [6.45, 7) is 0.585. The Balaban J connectivity index is 0.00000225. The molecule has 0 atom stereocenters. The van der Waals surface area contributed by atoms with Gasteiger partial charge in [0, 0.05) is 18.2 Å². The lowest BCUT2D eigenvalue weighted by atomic mass is 10.3. The van der Waals surface area contributed by atoms with Crippen LogP contribution in [0.2, 0.25) is 0 Å². The molecule has 25 heavy (non-hydrogen) atoms. The highest BCUT2D eigenvalue weighted by Gasteiger charge is 2.08. The molecular weight excluding hydrogens is 340 g/mol. The van der Waals surface area contributed by atoms with Gasteiger partial charge in [-0.05, 0) is 17.7 Å². The Labute approximate surface area is 152 Å². The van der Waals surface area contributed by atoms with Crippen LogP contribution in [-0.4, -0.2) is 16.9 Å². The molecule has 0 fully saturated rings. The second-order valence-corrected chi connectivity index (χ2v) is 5.35. The van der Waals surface area contributed by atoms with E-state index in [2.05, 4.69) is 15.3 Å². The van der Waals surface area contributed by atoms with Crippen LogP contribution in [0.3, 0.4) is 0 Å². The van der Waals surface area contributed by atoms with E-state index in [0.29, 0.717) is 23.7 Å². The van der Waals surface area contributed by atoms with Crippen molar-refractivity contribution < 1.29 is 21.7 Å². The standard InChI is InChI=1S/C17H19N6O.ClH/c1-22-8-6-13(7-9-22)12-23-17(18)16(11-19-23)21-20-14-4-3-5-15(10-14)24-2;/h3-11H,12,18H2,1-2H3;1H/q+1;/p-1/b21-20+;. The van der Waals surface area contributed by atoms with Gasteiger partial charge in [-0.1, -0.05) is 6.07 Å². The number of pyridine rings is 1. The van der Waals surface area contributed by atoms with Crippen molar-refractivity contribution in [2.45, 2.75) is 6.54 Å². The number of aryl methyl sites for hydroxylation is 1. The second kappa shape index (κ2) is 8.25. The number of methoxy groups -OCH3 is 1. The van der Waals surface area contributed by atoms with Gasteiger partial charge in [-0.2, -0.15) is 10.2 Å². The van der Waals surface area contributed by atoms with Crippen molar-refractivity contribution in [1.82, 2.24) is 9.78 Å². The van der Waals surface area contributed by atoms with Gasteiger partial charge in [-0.3, -0.25) is 0 Å². The quantitative estimate of drug-likeness (QED) is 0.505. The number of nitrogens with zero attached hydrogens (tertiary/aromatic N) is 5. The number of benzene rings is 1. The summed E-state index contributed by atoms with van der Waals surface area (Å²) in [7, 11) is 3.59. The molecule has 0 radical (unpaired) electrons. The second-order valence-electron chi connectivity index (χ2n) is 5.35. The lowest BCUT2D eigenvalue weighted by Gasteiger charge is -2.03. The van der Waals surface area contributed by atoms with Gasteiger partial charge in [0.25, 0.3) is 0 Å². The average Bonchev–Trinajstić information content (AvgIpc) is 2.95. The Morgan fingerprint density at radius 2 is 1.96 bits per heavy atom. The van der Waals surface area contributed by atoms with Crippen molar-refractivity contribution in [2.24, 2.45) is 17.3 Å². The topological polar surface area (TPSA) is 81.7 Å². The molecule has 0 bridgehead atoms. The molecule has 0 saturated carbocycles. The van der Waals surface area contributed by atoms with Gasteiger partial charge in [0.15, 0.2) is 12.4 Å². The van der Waals surface area contributed by atoms with Crippen molar-refractivity contribution in [1.29, 1.82) is 0 Å². The molecule has 0 unspecified atom stereocenters. The van der Waals surface area contributed by atoms with Crippen LogP contribution >= 0.6 is 0 Å². The third kappa shape index (κ3) is 4.54. The normalized spacial score (nSPS) is 10.6. The fourth-order valence-electron chi connectivity index (χ4n) is 2.18. The highest BCUT2D eigenvalue weighted by Crippen LogP contribution is 2.26. The minimum absolute atomic E-state index is 0. The molecule has 0 aliphatic heterocycles. The fraction of sp³-hybridized carbons (Fsp3) is 0.176. The first-order valence-electron chi connectivity index (χ1n) is 7.47. The number of hydrogen-bond donors (Lipinski definition) is 1. The number of aromatic nitrogens is 3. The van der Waals surface area contributed by atoms with Crippen molar-refractivity contribution in [2.75, 3.05) is 12.8 Å². The molecule has 3 rings (SSSR count). The largest absolute Gasteiger partial charge is 1.00 e. The molecule has 2 N–H and O–H groups in total. The van der Waals surface area contributed by atoms with Crippen molar-refractivity contribution >= 4 is 17.2 Å². The van der Waals surface area contributed by atoms with Gasteiger partial charge in [0.05, 0.1) is 25.5 Å². The van der Waals surface area contributed by atoms with Crippen LogP contribution in [0, 0.1) is 0 Å². The Morgan fingerprint density at radius 3 is 2.68 bits per heavy atom. The van der Waals surface area contributed by atoms with E-state index in [0.717, 1.165) is 11.3 Å². The average molecular weight is 359 g/mol. The minimum Gasteiger partial charge on any atom is -1.00 e. The van der Waals surface area contributed by atoms with Gasteiger partial charge >= 0.3 is 0 Å². The molecule has 2 aromatic heterocycles. The van der Waals surface area contributed by atoms with Crippen LogP contribution in [0.25, 0.3) is 0 Å². The predicted octanol–water partition coefficient (Wildman–Crippen LogP) is -0.234. The zero-order valence-electron chi connectivity index (χ0n) is 14.0. The molecule has 0 spiro atoms. The van der Waals surface area contributed by atoms with E-state index in [-0.39, 0.29) is 12.4 Å². The number of anilines is 1. The van der Waals surface area contributed by atoms with Gasteiger partial charge in [-0.15, -0.1) is 5.11 Å². The first-order chi connectivity index (χ1) is 11.7. The maximum atomic E-state index is 6.12. The predicted molar refractivity (Wildman–Crippen MR) is 90.5 cm³/mol. The number of hydrogen-bond acceptors (Lipinski definition) is 5. The van der Waals surface area contributed by atoms with E-state index in [4.69, 9.17) is 10.5 Å². The molecule has 130 valence electrons. The minimum atomic E-state index is 0. The Kier molecular flexibility index (Phi) is 6.08. The third-order valence-corrected chi connectivity index (χ3v) is 3.57. The van der Waals surface area contributed by atoms with Crippen LogP contribution in [-0.2, 0) is 13.6 Å². The number of azo groups is 1. The van der Waals surface area contributed by atoms with E-state index < -0.39 is 0 Å². The Morgan fingerprint density at radius 1 is 1.20 bits per heavy atom. The summed E-state index contributed by atoms with van der Waals surface area (Å²) < 4.78 is 8.84. The molecule has 0 aliphatic carbocycles. The van der Waals surface area contributed by atoms with Crippen LogP contribution in [0.1, 0.15) is 5.56 Å². The first-order valence-corrected chi connectivity index (χ1v) is 7.47. The highest BCUT2D eigenvalue weighted by molar-refractivity contribution is 5.56. The number of ether oxygens (including phenoxy) is 1. The zero-order chi connectivity index (χ0) is 16.9. The molecule has 0 amide bonds. The van der Waals surface area contributed by atoms with Crippen molar-refractivity contribution in [3.63, 3.8) is 0 Å². The molecule has 3 aromatic rings. The highest BCUT2D eigenvalue weighted by atomic mass is 35.5. The monoisotopic (exact) mass is 358 g/mol. The Bertz CT molecular complexity index is 860. The first kappa shape index (κ1) is 18.4. The van der Waals surface area contributed by atoms with Crippen LogP contribution in [0.5, 0.6) is 5.75 Å². The van der Waals surface area contributed by atoms with Gasteiger partial charge < -0.3 is 22.9 Å². The van der Waals surface area contributed by atoms with E-state index in [1.165, 1.54) is 0 Å². The smallest absolute Gasteiger partial charge is 0.168 e.